The molecular weight excluding hydrogens is 228 g/mol. The molecule has 0 atom stereocenters. The van der Waals surface area contributed by atoms with Crippen LogP contribution in [0.1, 0.15) is 4.88 Å². The highest BCUT2D eigenvalue weighted by Crippen LogP contribution is 2.16. The average molecular weight is 237 g/mol. The fourth-order valence-electron chi connectivity index (χ4n) is 1.09. The number of benzene rings is 1. The minimum Gasteiger partial charge on any atom is -0.173 e. The van der Waals surface area contributed by atoms with Crippen LogP contribution >= 0.6 is 23.1 Å². The number of hydrogen-bond donors (Lipinski definition) is 0. The first-order valence-electron chi connectivity index (χ1n) is 4.45. The van der Waals surface area contributed by atoms with Crippen molar-refractivity contribution in [1.82, 2.24) is 0 Å². The minimum atomic E-state index is 0.854. The Morgan fingerprint density at radius 3 is 2.60 bits per heavy atom. The molecular formula is C11H9ClN2S. The molecule has 2 rings (SSSR count). The Kier molecular flexibility index (Phi) is 3.37. The Morgan fingerprint density at radius 1 is 1.13 bits per heavy atom. The summed E-state index contributed by atoms with van der Waals surface area (Å²) in [5.41, 5.74) is 0.854. The molecule has 2 nitrogen and oxygen atoms in total. The van der Waals surface area contributed by atoms with Gasteiger partial charge in [0.25, 0.3) is 0 Å². The first-order valence-corrected chi connectivity index (χ1v) is 5.66. The molecule has 1 aromatic carbocycles. The molecule has 0 unspecified atom stereocenters. The van der Waals surface area contributed by atoms with Crippen molar-refractivity contribution in [2.45, 2.75) is 0 Å². The van der Waals surface area contributed by atoms with Gasteiger partial charge in [-0.3, -0.25) is 0 Å². The third kappa shape index (κ3) is 2.81. The SMILES string of the molecule is ClN(N=Cc1cccs1)c1ccccc1. The monoisotopic (exact) mass is 236 g/mol. The summed E-state index contributed by atoms with van der Waals surface area (Å²) in [7, 11) is 0. The summed E-state index contributed by atoms with van der Waals surface area (Å²) >= 11 is 7.59. The zero-order valence-electron chi connectivity index (χ0n) is 7.88. The molecule has 2 aromatic rings. The molecule has 0 aliphatic carbocycles. The molecule has 0 aliphatic heterocycles. The molecule has 15 heavy (non-hydrogen) atoms. The normalized spacial score (nSPS) is 10.7. The van der Waals surface area contributed by atoms with E-state index in [2.05, 4.69) is 5.10 Å². The highest BCUT2D eigenvalue weighted by molar-refractivity contribution is 7.11. The maximum atomic E-state index is 5.96. The zero-order chi connectivity index (χ0) is 10.5. The number of halogens is 1. The Hall–Kier alpha value is -1.32. The van der Waals surface area contributed by atoms with E-state index in [0.717, 1.165) is 10.6 Å². The van der Waals surface area contributed by atoms with Crippen LogP contribution in [0.5, 0.6) is 0 Å². The number of thiophene rings is 1. The second kappa shape index (κ2) is 4.96. The lowest BCUT2D eigenvalue weighted by molar-refractivity contribution is 1.20. The summed E-state index contributed by atoms with van der Waals surface area (Å²) in [6, 6.07) is 13.6. The van der Waals surface area contributed by atoms with E-state index in [-0.39, 0.29) is 0 Å². The second-order valence-electron chi connectivity index (χ2n) is 2.86. The van der Waals surface area contributed by atoms with E-state index in [0.29, 0.717) is 0 Å². The van der Waals surface area contributed by atoms with Crippen molar-refractivity contribution in [2.24, 2.45) is 5.10 Å². The Morgan fingerprint density at radius 2 is 1.93 bits per heavy atom. The molecule has 0 bridgehead atoms. The van der Waals surface area contributed by atoms with Crippen LogP contribution in [0, 0.1) is 0 Å². The molecule has 1 heterocycles. The van der Waals surface area contributed by atoms with Gasteiger partial charge in [-0.25, -0.2) is 0 Å². The molecule has 0 spiro atoms. The first kappa shape index (κ1) is 10.2. The van der Waals surface area contributed by atoms with E-state index in [9.17, 15) is 0 Å². The van der Waals surface area contributed by atoms with Gasteiger partial charge in [0.15, 0.2) is 0 Å². The van der Waals surface area contributed by atoms with E-state index < -0.39 is 0 Å². The molecule has 0 amide bonds. The number of nitrogens with zero attached hydrogens (tertiary/aromatic N) is 2. The number of rotatable bonds is 3. The van der Waals surface area contributed by atoms with Gasteiger partial charge in [-0.05, 0) is 23.6 Å². The quantitative estimate of drug-likeness (QED) is 0.450. The molecule has 1 aromatic heterocycles. The van der Waals surface area contributed by atoms with E-state index in [4.69, 9.17) is 11.8 Å². The highest BCUT2D eigenvalue weighted by Gasteiger charge is 1.97. The predicted molar refractivity (Wildman–Crippen MR) is 66.7 cm³/mol. The van der Waals surface area contributed by atoms with Crippen LogP contribution in [-0.4, -0.2) is 6.21 Å². The smallest absolute Gasteiger partial charge is 0.0783 e. The van der Waals surface area contributed by atoms with Gasteiger partial charge in [0, 0.05) is 16.7 Å². The van der Waals surface area contributed by atoms with Crippen LogP contribution in [0.4, 0.5) is 5.69 Å². The van der Waals surface area contributed by atoms with Gasteiger partial charge >= 0.3 is 0 Å². The zero-order valence-corrected chi connectivity index (χ0v) is 9.45. The molecule has 0 N–H and O–H groups in total. The summed E-state index contributed by atoms with van der Waals surface area (Å²) in [4.78, 5) is 1.08. The lowest BCUT2D eigenvalue weighted by Gasteiger charge is -2.07. The topological polar surface area (TPSA) is 15.6 Å². The molecule has 76 valence electrons. The van der Waals surface area contributed by atoms with Gasteiger partial charge in [0.05, 0.1) is 11.9 Å². The van der Waals surface area contributed by atoms with Gasteiger partial charge in [-0.2, -0.15) is 9.63 Å². The van der Waals surface area contributed by atoms with Crippen molar-refractivity contribution < 1.29 is 0 Å². The van der Waals surface area contributed by atoms with Crippen LogP contribution in [0.3, 0.4) is 0 Å². The number of hydrazone groups is 1. The molecule has 0 saturated heterocycles. The number of para-hydroxylation sites is 1. The van der Waals surface area contributed by atoms with E-state index >= 15 is 0 Å². The van der Waals surface area contributed by atoms with Crippen molar-refractivity contribution in [3.8, 4) is 0 Å². The molecule has 0 saturated carbocycles. The maximum Gasteiger partial charge on any atom is 0.0783 e. The van der Waals surface area contributed by atoms with Crippen molar-refractivity contribution in [3.63, 3.8) is 0 Å². The van der Waals surface area contributed by atoms with Crippen LogP contribution in [0.2, 0.25) is 0 Å². The summed E-state index contributed by atoms with van der Waals surface area (Å²) in [6.45, 7) is 0. The van der Waals surface area contributed by atoms with Crippen LogP contribution in [0.25, 0.3) is 0 Å². The van der Waals surface area contributed by atoms with Crippen LogP contribution in [-0.2, 0) is 0 Å². The number of anilines is 1. The maximum absolute atomic E-state index is 5.96. The van der Waals surface area contributed by atoms with Gasteiger partial charge in [-0.1, -0.05) is 24.3 Å². The van der Waals surface area contributed by atoms with Crippen LogP contribution in [0.15, 0.2) is 52.9 Å². The highest BCUT2D eigenvalue weighted by atomic mass is 35.5. The van der Waals surface area contributed by atoms with Gasteiger partial charge < -0.3 is 0 Å². The number of hydrogen-bond acceptors (Lipinski definition) is 3. The molecule has 0 radical (unpaired) electrons. The van der Waals surface area contributed by atoms with Gasteiger partial charge in [0.1, 0.15) is 0 Å². The first-order chi connectivity index (χ1) is 7.36. The Balaban J connectivity index is 2.07. The largest absolute Gasteiger partial charge is 0.173 e. The van der Waals surface area contributed by atoms with Crippen LogP contribution < -0.4 is 4.53 Å². The average Bonchev–Trinajstić information content (AvgIpc) is 2.80. The van der Waals surface area contributed by atoms with E-state index in [1.165, 1.54) is 4.53 Å². The Labute approximate surface area is 97.5 Å². The predicted octanol–water partition coefficient (Wildman–Crippen LogP) is 3.74. The third-order valence-electron chi connectivity index (χ3n) is 1.80. The lowest BCUT2D eigenvalue weighted by Crippen LogP contribution is -2.00. The summed E-state index contributed by atoms with van der Waals surface area (Å²) < 4.78 is 1.33. The fourth-order valence-corrected chi connectivity index (χ4v) is 1.83. The fraction of sp³-hybridized carbons (Fsp3) is 0. The van der Waals surface area contributed by atoms with Crippen molar-refractivity contribution in [3.05, 3.63) is 52.7 Å². The summed E-state index contributed by atoms with van der Waals surface area (Å²) in [5.74, 6) is 0. The standard InChI is InChI=1S/C11H9ClN2S/c12-14(10-5-2-1-3-6-10)13-9-11-7-4-8-15-11/h1-9H. The van der Waals surface area contributed by atoms with Crippen molar-refractivity contribution >= 4 is 35.0 Å². The Bertz CT molecular complexity index is 425. The third-order valence-corrected chi connectivity index (χ3v) is 2.89. The lowest BCUT2D eigenvalue weighted by atomic mass is 10.3. The molecule has 4 heteroatoms. The van der Waals surface area contributed by atoms with Gasteiger partial charge in [-0.15, -0.1) is 11.3 Å². The molecule has 0 aliphatic rings. The van der Waals surface area contributed by atoms with E-state index in [1.54, 1.807) is 17.6 Å². The summed E-state index contributed by atoms with van der Waals surface area (Å²) in [6.07, 6.45) is 1.74. The van der Waals surface area contributed by atoms with Crippen molar-refractivity contribution in [1.29, 1.82) is 0 Å². The van der Waals surface area contributed by atoms with Gasteiger partial charge in [0.2, 0.25) is 0 Å². The van der Waals surface area contributed by atoms with E-state index in [1.807, 2.05) is 47.8 Å². The summed E-state index contributed by atoms with van der Waals surface area (Å²) in [5, 5.41) is 6.12. The van der Waals surface area contributed by atoms with Crippen molar-refractivity contribution in [2.75, 3.05) is 4.53 Å². The minimum absolute atomic E-state index is 0.854. The second-order valence-corrected chi connectivity index (χ2v) is 4.16. The molecule has 0 fully saturated rings.